The zero-order valence-corrected chi connectivity index (χ0v) is 41.0. The Kier molecular flexibility index (Phi) is 9.20. The number of fused-ring (bicyclic) bond motifs is 14. The van der Waals surface area contributed by atoms with Crippen molar-refractivity contribution in [3.8, 4) is 56.9 Å². The van der Waals surface area contributed by atoms with Crippen molar-refractivity contribution < 1.29 is 0 Å². The molecular formula is C69H43N7. The molecule has 0 spiro atoms. The third kappa shape index (κ3) is 6.26. The van der Waals surface area contributed by atoms with Gasteiger partial charge in [-0.15, -0.1) is 0 Å². The summed E-state index contributed by atoms with van der Waals surface area (Å²) < 4.78 is 9.58. The third-order valence-electron chi connectivity index (χ3n) is 15.4. The second kappa shape index (κ2) is 16.6. The summed E-state index contributed by atoms with van der Waals surface area (Å²) in [6.45, 7) is 0. The Morgan fingerprint density at radius 2 is 0.605 bits per heavy atom. The van der Waals surface area contributed by atoms with E-state index in [-0.39, 0.29) is 0 Å². The number of benzene rings is 11. The van der Waals surface area contributed by atoms with Gasteiger partial charge in [-0.05, 0) is 90.0 Å². The molecule has 0 unspecified atom stereocenters. The fourth-order valence-corrected chi connectivity index (χ4v) is 12.1. The van der Waals surface area contributed by atoms with E-state index in [1.54, 1.807) is 0 Å². The molecule has 0 N–H and O–H groups in total. The fraction of sp³-hybridized carbons (Fsp3) is 0. The van der Waals surface area contributed by atoms with Crippen LogP contribution in [0.5, 0.6) is 0 Å². The van der Waals surface area contributed by atoms with Crippen LogP contribution in [0.25, 0.3) is 144 Å². The Morgan fingerprint density at radius 3 is 1.17 bits per heavy atom. The average Bonchev–Trinajstić information content (AvgIpc) is 4.31. The van der Waals surface area contributed by atoms with Gasteiger partial charge in [0.1, 0.15) is 0 Å². The highest BCUT2D eigenvalue weighted by atomic mass is 15.2. The molecule has 5 aromatic heterocycles. The Bertz CT molecular complexity index is 4900. The molecule has 11 aromatic carbocycles. The van der Waals surface area contributed by atoms with Crippen LogP contribution in [0.1, 0.15) is 0 Å². The number of nitrogens with zero attached hydrogens (tertiary/aromatic N) is 7. The molecule has 0 saturated carbocycles. The zero-order chi connectivity index (χ0) is 49.8. The van der Waals surface area contributed by atoms with Gasteiger partial charge >= 0.3 is 0 Å². The Labute approximate surface area is 436 Å². The molecule has 7 heteroatoms. The molecule has 354 valence electrons. The molecule has 0 aliphatic rings. The molecule has 16 aromatic rings. The monoisotopic (exact) mass is 969 g/mol. The van der Waals surface area contributed by atoms with Gasteiger partial charge in [0, 0.05) is 71.3 Å². The van der Waals surface area contributed by atoms with Gasteiger partial charge < -0.3 is 13.7 Å². The van der Waals surface area contributed by atoms with Gasteiger partial charge in [-0.25, -0.2) is 4.98 Å². The minimum Gasteiger partial charge on any atom is -0.309 e. The predicted octanol–water partition coefficient (Wildman–Crippen LogP) is 17.3. The van der Waals surface area contributed by atoms with Gasteiger partial charge in [-0.3, -0.25) is 4.57 Å². The minimum atomic E-state index is 0.556. The van der Waals surface area contributed by atoms with Crippen molar-refractivity contribution in [2.45, 2.75) is 0 Å². The van der Waals surface area contributed by atoms with Gasteiger partial charge in [-0.2, -0.15) is 9.97 Å². The summed E-state index contributed by atoms with van der Waals surface area (Å²) in [5.74, 6) is 1.78. The molecule has 76 heavy (non-hydrogen) atoms. The summed E-state index contributed by atoms with van der Waals surface area (Å²) in [5.41, 5.74) is 16.4. The van der Waals surface area contributed by atoms with E-state index < -0.39 is 0 Å². The molecule has 7 nitrogen and oxygen atoms in total. The maximum absolute atomic E-state index is 5.34. The normalized spacial score (nSPS) is 11.9. The molecule has 0 atom stereocenters. The summed E-state index contributed by atoms with van der Waals surface area (Å²) in [7, 11) is 0. The van der Waals surface area contributed by atoms with Crippen LogP contribution in [0.2, 0.25) is 0 Å². The van der Waals surface area contributed by atoms with Crippen LogP contribution in [0.4, 0.5) is 0 Å². The van der Waals surface area contributed by atoms with E-state index in [0.717, 1.165) is 94.0 Å². The minimum absolute atomic E-state index is 0.556. The SMILES string of the molecule is c1ccc(-c2nc(-c3ccccc3)nc(-n3c4ccccc4c4ccc5c6cc(-c7ccc8c(c7)c7c(ccc9c%10ccccc%10n(-c%10ccccc%10)c97)n8-c7ccccc7)ccc6n(-c6ccccc6)c5c43)n2)cc1. The first-order valence-corrected chi connectivity index (χ1v) is 25.8. The smallest absolute Gasteiger partial charge is 0.238 e. The Hall–Kier alpha value is -10.4. The van der Waals surface area contributed by atoms with Crippen LogP contribution in [0.3, 0.4) is 0 Å². The lowest BCUT2D eigenvalue weighted by Gasteiger charge is -2.13. The van der Waals surface area contributed by atoms with Crippen LogP contribution in [0.15, 0.2) is 261 Å². The van der Waals surface area contributed by atoms with Crippen molar-refractivity contribution >= 4 is 87.2 Å². The largest absolute Gasteiger partial charge is 0.309 e. The van der Waals surface area contributed by atoms with Crippen molar-refractivity contribution in [3.63, 3.8) is 0 Å². The summed E-state index contributed by atoms with van der Waals surface area (Å²) in [4.78, 5) is 15.8. The number of hydrogen-bond acceptors (Lipinski definition) is 3. The molecule has 0 aliphatic carbocycles. The van der Waals surface area contributed by atoms with Gasteiger partial charge in [0.25, 0.3) is 0 Å². The number of para-hydroxylation sites is 5. The summed E-state index contributed by atoms with van der Waals surface area (Å²) >= 11 is 0. The second-order valence-electron chi connectivity index (χ2n) is 19.6. The molecular weight excluding hydrogens is 927 g/mol. The first-order chi connectivity index (χ1) is 37.7. The first-order valence-electron chi connectivity index (χ1n) is 25.8. The highest BCUT2D eigenvalue weighted by Crippen LogP contribution is 2.46. The molecule has 16 rings (SSSR count). The van der Waals surface area contributed by atoms with E-state index in [1.807, 2.05) is 36.4 Å². The van der Waals surface area contributed by atoms with Crippen molar-refractivity contribution in [1.29, 1.82) is 0 Å². The summed E-state index contributed by atoms with van der Waals surface area (Å²) in [6, 6.07) is 93.4. The van der Waals surface area contributed by atoms with E-state index in [9.17, 15) is 0 Å². The Balaban J connectivity index is 0.983. The van der Waals surface area contributed by atoms with Crippen LogP contribution in [-0.2, 0) is 0 Å². The number of aromatic nitrogens is 7. The topological polar surface area (TPSA) is 58.4 Å². The Morgan fingerprint density at radius 1 is 0.224 bits per heavy atom. The van der Waals surface area contributed by atoms with E-state index in [0.29, 0.717) is 17.6 Å². The molecule has 0 aliphatic heterocycles. The highest BCUT2D eigenvalue weighted by Gasteiger charge is 2.25. The van der Waals surface area contributed by atoms with Crippen LogP contribution >= 0.6 is 0 Å². The fourth-order valence-electron chi connectivity index (χ4n) is 12.1. The van der Waals surface area contributed by atoms with Gasteiger partial charge in [0.05, 0.1) is 44.1 Å². The lowest BCUT2D eigenvalue weighted by molar-refractivity contribution is 0.953. The van der Waals surface area contributed by atoms with Crippen molar-refractivity contribution in [1.82, 2.24) is 33.2 Å². The standard InChI is InChI=1S/C69H43N7/c1-6-20-44(21-7-1)67-70-68(45-22-8-2-9-23-45)72-69(71-67)76-59-33-19-17-31-52(59)54-36-37-55-56-42-46(34-39-60(56)75(65(55)66(54)76)50-28-14-5-15-29-50)47-35-40-61-57(43-47)63-62(73(61)48-24-10-3-11-25-48)41-38-53-51-30-16-18-32-58(51)74(64(53)63)49-26-12-4-13-27-49/h1-43H. The van der Waals surface area contributed by atoms with Crippen molar-refractivity contribution in [2.75, 3.05) is 0 Å². The highest BCUT2D eigenvalue weighted by molar-refractivity contribution is 6.27. The van der Waals surface area contributed by atoms with Crippen molar-refractivity contribution in [3.05, 3.63) is 261 Å². The molecule has 0 fully saturated rings. The lowest BCUT2D eigenvalue weighted by Crippen LogP contribution is -2.07. The van der Waals surface area contributed by atoms with Crippen LogP contribution < -0.4 is 0 Å². The maximum atomic E-state index is 5.34. The number of hydrogen-bond donors (Lipinski definition) is 0. The lowest BCUT2D eigenvalue weighted by atomic mass is 9.99. The van der Waals surface area contributed by atoms with Crippen LogP contribution in [-0.4, -0.2) is 33.2 Å². The number of rotatable bonds is 7. The molecule has 0 saturated heterocycles. The third-order valence-corrected chi connectivity index (χ3v) is 15.4. The van der Waals surface area contributed by atoms with E-state index in [1.165, 1.54) is 32.6 Å². The van der Waals surface area contributed by atoms with E-state index in [2.05, 4.69) is 243 Å². The molecule has 0 amide bonds. The maximum Gasteiger partial charge on any atom is 0.238 e. The van der Waals surface area contributed by atoms with E-state index >= 15 is 0 Å². The first kappa shape index (κ1) is 42.2. The van der Waals surface area contributed by atoms with E-state index in [4.69, 9.17) is 15.0 Å². The quantitative estimate of drug-likeness (QED) is 0.160. The molecule has 0 radical (unpaired) electrons. The second-order valence-corrected chi connectivity index (χ2v) is 19.6. The summed E-state index contributed by atoms with van der Waals surface area (Å²) in [5, 5.41) is 9.40. The molecule has 0 bridgehead atoms. The average molecular weight is 970 g/mol. The van der Waals surface area contributed by atoms with Gasteiger partial charge in [0.2, 0.25) is 5.95 Å². The summed E-state index contributed by atoms with van der Waals surface area (Å²) in [6.07, 6.45) is 0. The molecule has 5 heterocycles. The van der Waals surface area contributed by atoms with Gasteiger partial charge in [-0.1, -0.05) is 182 Å². The van der Waals surface area contributed by atoms with Crippen LogP contribution in [0, 0.1) is 0 Å². The predicted molar refractivity (Wildman–Crippen MR) is 313 cm³/mol. The van der Waals surface area contributed by atoms with Crippen molar-refractivity contribution in [2.24, 2.45) is 0 Å². The van der Waals surface area contributed by atoms with Gasteiger partial charge in [0.15, 0.2) is 11.6 Å². The zero-order valence-electron chi connectivity index (χ0n) is 41.0.